The molecule has 0 aliphatic carbocycles. The molecule has 5 rings (SSSR count). The van der Waals surface area contributed by atoms with Crippen molar-refractivity contribution in [2.75, 3.05) is 0 Å². The zero-order valence-electron chi connectivity index (χ0n) is 26.6. The number of aliphatic carboxylic acids is 2. The highest BCUT2D eigenvalue weighted by atomic mass is 16.6. The maximum Gasteiger partial charge on any atom is 0.345 e. The van der Waals surface area contributed by atoms with Crippen LogP contribution in [0.4, 0.5) is 0 Å². The van der Waals surface area contributed by atoms with Crippen LogP contribution in [0.3, 0.4) is 0 Å². The molecule has 0 aromatic heterocycles. The minimum atomic E-state index is -1.84. The summed E-state index contributed by atoms with van der Waals surface area (Å²) in [5, 5.41) is 89.1. The fourth-order valence-corrected chi connectivity index (χ4v) is 5.49. The van der Waals surface area contributed by atoms with E-state index in [2.05, 4.69) is 0 Å². The lowest BCUT2D eigenvalue weighted by Crippen LogP contribution is -2.33. The van der Waals surface area contributed by atoms with E-state index in [1.807, 2.05) is 0 Å². The van der Waals surface area contributed by atoms with Crippen LogP contribution in [0.2, 0.25) is 0 Å². The average Bonchev–Trinajstić information content (AvgIpc) is 3.50. The van der Waals surface area contributed by atoms with Crippen molar-refractivity contribution in [2.24, 2.45) is 0 Å². The number of ether oxygens (including phenoxy) is 3. The predicted octanol–water partition coefficient (Wildman–Crippen LogP) is 3.33. The van der Waals surface area contributed by atoms with Crippen molar-refractivity contribution in [3.05, 3.63) is 101 Å². The number of phenolic OH excluding ortho intramolecular Hbond substituents is 7. The van der Waals surface area contributed by atoms with Gasteiger partial charge >= 0.3 is 23.9 Å². The summed E-state index contributed by atoms with van der Waals surface area (Å²) in [4.78, 5) is 50.9. The van der Waals surface area contributed by atoms with Crippen LogP contribution in [0.5, 0.6) is 46.0 Å². The van der Waals surface area contributed by atoms with Crippen molar-refractivity contribution in [3.8, 4) is 46.0 Å². The summed E-state index contributed by atoms with van der Waals surface area (Å²) in [6.45, 7) is 0. The topological polar surface area (TPSA) is 278 Å². The second-order valence-corrected chi connectivity index (χ2v) is 11.6. The van der Waals surface area contributed by atoms with Gasteiger partial charge in [-0.15, -0.1) is 0 Å². The molecule has 1 unspecified atom stereocenters. The molecule has 0 amide bonds. The van der Waals surface area contributed by atoms with Gasteiger partial charge in [0.15, 0.2) is 46.0 Å². The molecule has 4 aromatic carbocycles. The summed E-state index contributed by atoms with van der Waals surface area (Å²) in [5.41, 5.74) is 0.445. The molecule has 0 fully saturated rings. The molecule has 1 aliphatic heterocycles. The highest BCUT2D eigenvalue weighted by molar-refractivity contribution is 5.92. The van der Waals surface area contributed by atoms with Crippen LogP contribution in [0, 0.1) is 0 Å². The number of carbonyl (C=O) groups excluding carboxylic acids is 2. The van der Waals surface area contributed by atoms with Crippen molar-refractivity contribution in [1.82, 2.24) is 0 Å². The lowest BCUT2D eigenvalue weighted by atomic mass is 9.87. The van der Waals surface area contributed by atoms with E-state index < -0.39 is 94.8 Å². The molecule has 1 heterocycles. The number of hydrogen-bond acceptors (Lipinski definition) is 14. The van der Waals surface area contributed by atoms with E-state index >= 15 is 0 Å². The zero-order valence-corrected chi connectivity index (χ0v) is 26.6. The second-order valence-electron chi connectivity index (χ2n) is 11.6. The Hall–Kier alpha value is -7.10. The van der Waals surface area contributed by atoms with E-state index in [1.165, 1.54) is 24.3 Å². The molecular formula is C36H30O16. The van der Waals surface area contributed by atoms with E-state index in [9.17, 15) is 65.1 Å². The number of benzene rings is 4. The standard InChI is InChI=1S/C36H30O16/c37-20-6-1-16(11-24(20)41)13-27(34(45)46)50-29(44)10-5-18-3-9-23(40)33-30(18)31(32(52-33)19-4-8-22(39)26(43)15-19)36(49)51-28(35(47)48)14-17-2-7-21(38)25(42)12-17/h1-12,15,27-28,31-32,37-43H,13-14H2,(H,45,46)(H,47,48)/b10-5+/t27-,28?,31-,32+/m1/s1. The van der Waals surface area contributed by atoms with Crippen molar-refractivity contribution < 1.29 is 79.3 Å². The molecule has 4 atom stereocenters. The monoisotopic (exact) mass is 718 g/mol. The van der Waals surface area contributed by atoms with Crippen molar-refractivity contribution in [3.63, 3.8) is 0 Å². The Kier molecular flexibility index (Phi) is 10.3. The van der Waals surface area contributed by atoms with Crippen LogP contribution in [0.1, 0.15) is 39.8 Å². The smallest absolute Gasteiger partial charge is 0.345 e. The SMILES string of the molecule is O=C(/C=C/c1ccc(O)c2c1[C@@H](C(=O)OC(Cc1ccc(O)c(O)c1)C(=O)O)[C@H](c1ccc(O)c(O)c1)O2)O[C@H](Cc1ccc(O)c(O)c1)C(=O)O. The number of carbonyl (C=O) groups is 4. The lowest BCUT2D eigenvalue weighted by molar-refractivity contribution is -0.166. The number of carboxylic acids is 2. The molecule has 4 aromatic rings. The van der Waals surface area contributed by atoms with Crippen LogP contribution < -0.4 is 4.74 Å². The Bertz CT molecular complexity index is 2090. The van der Waals surface area contributed by atoms with Crippen LogP contribution in [0.25, 0.3) is 6.08 Å². The summed E-state index contributed by atoms with van der Waals surface area (Å²) in [5.74, 6) is -10.8. The average molecular weight is 719 g/mol. The van der Waals surface area contributed by atoms with Gasteiger partial charge in [0.1, 0.15) is 12.0 Å². The summed E-state index contributed by atoms with van der Waals surface area (Å²) in [6, 6.07) is 13.0. The largest absolute Gasteiger partial charge is 0.504 e. The molecule has 1 aliphatic rings. The van der Waals surface area contributed by atoms with Gasteiger partial charge in [0.2, 0.25) is 12.2 Å². The fourth-order valence-electron chi connectivity index (χ4n) is 5.49. The third-order valence-electron chi connectivity index (χ3n) is 8.04. The van der Waals surface area contributed by atoms with Crippen LogP contribution in [0.15, 0.2) is 72.8 Å². The van der Waals surface area contributed by atoms with Crippen LogP contribution in [-0.4, -0.2) is 82.0 Å². The van der Waals surface area contributed by atoms with Crippen molar-refractivity contribution in [1.29, 1.82) is 0 Å². The number of fused-ring (bicyclic) bond motifs is 1. The normalized spacial score (nSPS) is 16.0. The van der Waals surface area contributed by atoms with Crippen LogP contribution >= 0.6 is 0 Å². The molecular weight excluding hydrogens is 688 g/mol. The highest BCUT2D eigenvalue weighted by Crippen LogP contribution is 2.53. The van der Waals surface area contributed by atoms with E-state index in [0.717, 1.165) is 54.6 Å². The molecule has 52 heavy (non-hydrogen) atoms. The van der Waals surface area contributed by atoms with Gasteiger partial charge in [0.25, 0.3) is 0 Å². The van der Waals surface area contributed by atoms with Gasteiger partial charge in [-0.25, -0.2) is 14.4 Å². The van der Waals surface area contributed by atoms with Gasteiger partial charge in [0, 0.05) is 24.5 Å². The Morgan fingerprint density at radius 2 is 1.13 bits per heavy atom. The third-order valence-corrected chi connectivity index (χ3v) is 8.04. The molecule has 0 spiro atoms. The maximum absolute atomic E-state index is 13.9. The van der Waals surface area contributed by atoms with E-state index in [-0.39, 0.29) is 40.0 Å². The number of esters is 2. The molecule has 0 bridgehead atoms. The molecule has 16 nitrogen and oxygen atoms in total. The van der Waals surface area contributed by atoms with E-state index in [1.54, 1.807) is 0 Å². The van der Waals surface area contributed by atoms with E-state index in [0.29, 0.717) is 0 Å². The predicted molar refractivity (Wildman–Crippen MR) is 175 cm³/mol. The maximum atomic E-state index is 13.9. The first kappa shape index (κ1) is 36.2. The number of phenols is 7. The minimum Gasteiger partial charge on any atom is -0.504 e. The summed E-state index contributed by atoms with van der Waals surface area (Å²) < 4.78 is 16.5. The Morgan fingerprint density at radius 3 is 1.65 bits per heavy atom. The lowest BCUT2D eigenvalue weighted by Gasteiger charge is -2.22. The van der Waals surface area contributed by atoms with Gasteiger partial charge in [-0.2, -0.15) is 0 Å². The zero-order chi connectivity index (χ0) is 37.9. The first-order valence-electron chi connectivity index (χ1n) is 15.2. The molecule has 16 heteroatoms. The van der Waals surface area contributed by atoms with Gasteiger partial charge in [-0.3, -0.25) is 4.79 Å². The number of hydrogen-bond donors (Lipinski definition) is 9. The molecule has 0 saturated carbocycles. The van der Waals surface area contributed by atoms with E-state index in [4.69, 9.17) is 14.2 Å². The highest BCUT2D eigenvalue weighted by Gasteiger charge is 2.46. The fraction of sp³-hybridized carbons (Fsp3) is 0.167. The first-order chi connectivity index (χ1) is 24.6. The Labute approximate surface area is 292 Å². The van der Waals surface area contributed by atoms with Crippen LogP contribution in [-0.2, 0) is 41.5 Å². The summed E-state index contributed by atoms with van der Waals surface area (Å²) in [6.07, 6.45) is -3.85. The van der Waals surface area contributed by atoms with Crippen molar-refractivity contribution >= 4 is 30.0 Å². The number of rotatable bonds is 12. The quantitative estimate of drug-likeness (QED) is 0.0577. The number of aromatic hydroxyl groups is 7. The van der Waals surface area contributed by atoms with Gasteiger partial charge in [0.05, 0.1) is 0 Å². The van der Waals surface area contributed by atoms with Gasteiger partial charge in [-0.05, 0) is 70.8 Å². The van der Waals surface area contributed by atoms with Crippen molar-refractivity contribution in [2.45, 2.75) is 37.1 Å². The Balaban J connectivity index is 1.47. The molecule has 9 N–H and O–H groups in total. The first-order valence-corrected chi connectivity index (χ1v) is 15.2. The molecule has 270 valence electrons. The minimum absolute atomic E-state index is 0.0443. The number of carboxylic acid groups (broad SMARTS) is 2. The van der Waals surface area contributed by atoms with Gasteiger partial charge < -0.3 is 60.2 Å². The summed E-state index contributed by atoms with van der Waals surface area (Å²) in [7, 11) is 0. The third kappa shape index (κ3) is 7.86. The second kappa shape index (κ2) is 14.8. The molecule has 0 radical (unpaired) electrons. The van der Waals surface area contributed by atoms with Gasteiger partial charge in [-0.1, -0.05) is 24.3 Å². The Morgan fingerprint density at radius 1 is 0.635 bits per heavy atom. The molecule has 0 saturated heterocycles. The summed E-state index contributed by atoms with van der Waals surface area (Å²) >= 11 is 0.